The Morgan fingerprint density at radius 1 is 1.03 bits per heavy atom. The number of halogens is 6. The summed E-state index contributed by atoms with van der Waals surface area (Å²) in [6.07, 6.45) is -0.182. The first-order valence-electron chi connectivity index (χ1n) is 12.0. The maximum atomic E-state index is 15.0. The lowest BCUT2D eigenvalue weighted by atomic mass is 9.74. The monoisotopic (exact) mass is 617 g/mol. The molecule has 1 atom stereocenters. The molecule has 4 rings (SSSR count). The first kappa shape index (κ1) is 30.1. The Balaban J connectivity index is 1.70. The second kappa shape index (κ2) is 11.2. The highest BCUT2D eigenvalue weighted by molar-refractivity contribution is 7.92. The van der Waals surface area contributed by atoms with Crippen LogP contribution in [0.4, 0.5) is 22.0 Å². The number of alkyl halides is 3. The van der Waals surface area contributed by atoms with Gasteiger partial charge in [-0.15, -0.1) is 0 Å². The number of rotatable bonds is 9. The molecule has 2 fully saturated rings. The van der Waals surface area contributed by atoms with E-state index in [1.54, 1.807) is 0 Å². The molecule has 0 bridgehead atoms. The lowest BCUT2D eigenvalue weighted by Crippen LogP contribution is -2.60. The summed E-state index contributed by atoms with van der Waals surface area (Å²) in [6.45, 7) is -0.820. The molecule has 1 aliphatic heterocycles. The average Bonchev–Trinajstić information content (AvgIpc) is 2.84. The predicted octanol–water partition coefficient (Wildman–Crippen LogP) is 5.14. The van der Waals surface area contributed by atoms with Crippen LogP contribution in [0, 0.1) is 11.6 Å². The number of hydrogen-bond donors (Lipinski definition) is 0. The zero-order valence-electron chi connectivity index (χ0n) is 20.3. The van der Waals surface area contributed by atoms with E-state index in [1.807, 2.05) is 0 Å². The lowest BCUT2D eigenvalue weighted by Gasteiger charge is -2.50. The van der Waals surface area contributed by atoms with Crippen molar-refractivity contribution in [3.8, 4) is 0 Å². The SMILES string of the molecule is O=S(=O)(c1ccc(Cl)cc1)C1(c2cc(F)ccc2F)CC(N(CCO[C@H]2CCCCO2)S(=O)(=O)C(F)(F)F)C1. The Morgan fingerprint density at radius 2 is 1.69 bits per heavy atom. The zero-order valence-corrected chi connectivity index (χ0v) is 22.7. The first-order valence-corrected chi connectivity index (χ1v) is 15.3. The van der Waals surface area contributed by atoms with Gasteiger partial charge in [0.25, 0.3) is 0 Å². The van der Waals surface area contributed by atoms with Crippen LogP contribution in [-0.2, 0) is 34.1 Å². The van der Waals surface area contributed by atoms with Crippen molar-refractivity contribution in [2.45, 2.75) is 59.6 Å². The van der Waals surface area contributed by atoms with Gasteiger partial charge in [-0.3, -0.25) is 0 Å². The summed E-state index contributed by atoms with van der Waals surface area (Å²) in [7, 11) is -10.5. The smallest absolute Gasteiger partial charge is 0.353 e. The Kier molecular flexibility index (Phi) is 8.66. The van der Waals surface area contributed by atoms with Gasteiger partial charge in [-0.25, -0.2) is 25.6 Å². The fourth-order valence-corrected chi connectivity index (χ4v) is 8.39. The van der Waals surface area contributed by atoms with E-state index in [4.69, 9.17) is 21.1 Å². The van der Waals surface area contributed by atoms with Crippen molar-refractivity contribution in [3.05, 3.63) is 64.7 Å². The third kappa shape index (κ3) is 5.82. The normalized spacial score (nSPS) is 24.5. The molecule has 0 unspecified atom stereocenters. The molecule has 7 nitrogen and oxygen atoms in total. The van der Waals surface area contributed by atoms with Gasteiger partial charge in [-0.1, -0.05) is 11.6 Å². The number of benzene rings is 2. The van der Waals surface area contributed by atoms with Gasteiger partial charge in [0.05, 0.1) is 11.5 Å². The van der Waals surface area contributed by atoms with E-state index in [0.29, 0.717) is 25.2 Å². The fourth-order valence-electron chi connectivity index (χ4n) is 4.92. The fraction of sp³-hybridized carbons (Fsp3) is 0.500. The van der Waals surface area contributed by atoms with Crippen molar-refractivity contribution in [1.29, 1.82) is 0 Å². The molecule has 0 spiro atoms. The summed E-state index contributed by atoms with van der Waals surface area (Å²) < 4.78 is 131. The van der Waals surface area contributed by atoms with Gasteiger partial charge in [-0.2, -0.15) is 17.5 Å². The number of hydrogen-bond acceptors (Lipinski definition) is 6. The molecule has 2 aliphatic rings. The molecule has 2 aromatic rings. The van der Waals surface area contributed by atoms with Crippen LogP contribution in [0.3, 0.4) is 0 Å². The molecule has 216 valence electrons. The van der Waals surface area contributed by atoms with E-state index >= 15 is 0 Å². The van der Waals surface area contributed by atoms with Crippen LogP contribution in [0.15, 0.2) is 47.4 Å². The Bertz CT molecular complexity index is 1390. The molecule has 1 saturated heterocycles. The molecule has 39 heavy (non-hydrogen) atoms. The van der Waals surface area contributed by atoms with Gasteiger partial charge < -0.3 is 9.47 Å². The van der Waals surface area contributed by atoms with Crippen molar-refractivity contribution in [2.75, 3.05) is 19.8 Å². The molecular formula is C24H25ClF5NO6S2. The second-order valence-corrected chi connectivity index (χ2v) is 13.9. The summed E-state index contributed by atoms with van der Waals surface area (Å²) in [4.78, 5) is -0.336. The number of sulfonamides is 1. The molecule has 1 aliphatic carbocycles. The predicted molar refractivity (Wildman–Crippen MR) is 131 cm³/mol. The van der Waals surface area contributed by atoms with Crippen LogP contribution >= 0.6 is 11.6 Å². The molecule has 0 N–H and O–H groups in total. The zero-order chi connectivity index (χ0) is 28.6. The summed E-state index contributed by atoms with van der Waals surface area (Å²) in [5, 5.41) is 0.191. The minimum Gasteiger partial charge on any atom is -0.353 e. The Morgan fingerprint density at radius 3 is 2.28 bits per heavy atom. The van der Waals surface area contributed by atoms with Crippen LogP contribution in [-0.4, -0.2) is 58.7 Å². The van der Waals surface area contributed by atoms with Gasteiger partial charge in [0.1, 0.15) is 16.4 Å². The third-order valence-electron chi connectivity index (χ3n) is 6.95. The standard InChI is InChI=1S/C24H25ClF5NO6S2/c25-16-4-7-19(8-5-16)38(32,33)23(20-13-17(26)6-9-21(20)27)14-18(15-23)31(39(34,35)24(28,29)30)10-12-37-22-3-1-2-11-36-22/h4-9,13,18,22H,1-3,10-12,14-15H2/t18?,22-,23?/m0/s1. The van der Waals surface area contributed by atoms with E-state index in [-0.39, 0.29) is 14.2 Å². The molecule has 0 aromatic heterocycles. The summed E-state index contributed by atoms with van der Waals surface area (Å²) >= 11 is 5.84. The molecule has 0 amide bonds. The van der Waals surface area contributed by atoms with Crippen molar-refractivity contribution in [2.24, 2.45) is 0 Å². The second-order valence-electron chi connectivity index (χ2n) is 9.37. The molecule has 0 radical (unpaired) electrons. The third-order valence-corrected chi connectivity index (χ3v) is 11.4. The summed E-state index contributed by atoms with van der Waals surface area (Å²) in [5.41, 5.74) is -6.30. The van der Waals surface area contributed by atoms with Crippen LogP contribution in [0.1, 0.15) is 37.7 Å². The number of nitrogens with zero attached hydrogens (tertiary/aromatic N) is 1. The minimum atomic E-state index is -5.94. The van der Waals surface area contributed by atoms with Crippen molar-refractivity contribution < 1.29 is 48.3 Å². The number of ether oxygens (including phenoxy) is 2. The van der Waals surface area contributed by atoms with Crippen LogP contribution < -0.4 is 0 Å². The Hall–Kier alpha value is -1.84. The maximum absolute atomic E-state index is 15.0. The van der Waals surface area contributed by atoms with Crippen LogP contribution in [0.2, 0.25) is 5.02 Å². The molecule has 15 heteroatoms. The summed E-state index contributed by atoms with van der Waals surface area (Å²) in [5.74, 6) is -2.07. The van der Waals surface area contributed by atoms with E-state index < -0.39 is 85.6 Å². The molecule has 2 aromatic carbocycles. The number of sulfone groups is 1. The highest BCUT2D eigenvalue weighted by Gasteiger charge is 2.62. The maximum Gasteiger partial charge on any atom is 0.511 e. The quantitative estimate of drug-likeness (QED) is 0.362. The van der Waals surface area contributed by atoms with Crippen molar-refractivity contribution in [1.82, 2.24) is 4.31 Å². The van der Waals surface area contributed by atoms with Gasteiger partial charge in [0.15, 0.2) is 16.1 Å². The highest BCUT2D eigenvalue weighted by Crippen LogP contribution is 2.54. The minimum absolute atomic E-state index is 0.128. The largest absolute Gasteiger partial charge is 0.511 e. The molecule has 1 heterocycles. The van der Waals surface area contributed by atoms with E-state index in [1.165, 1.54) is 12.1 Å². The van der Waals surface area contributed by atoms with Crippen molar-refractivity contribution >= 4 is 31.5 Å². The highest BCUT2D eigenvalue weighted by atomic mass is 35.5. The van der Waals surface area contributed by atoms with Crippen molar-refractivity contribution in [3.63, 3.8) is 0 Å². The summed E-state index contributed by atoms with van der Waals surface area (Å²) in [6, 6.07) is 5.40. The van der Waals surface area contributed by atoms with Crippen LogP contribution in [0.5, 0.6) is 0 Å². The average molecular weight is 618 g/mol. The molecular weight excluding hydrogens is 593 g/mol. The van der Waals surface area contributed by atoms with Gasteiger partial charge in [-0.05, 0) is 74.6 Å². The van der Waals surface area contributed by atoms with Gasteiger partial charge >= 0.3 is 15.5 Å². The van der Waals surface area contributed by atoms with E-state index in [9.17, 15) is 38.8 Å². The van der Waals surface area contributed by atoms with E-state index in [0.717, 1.165) is 31.0 Å². The van der Waals surface area contributed by atoms with E-state index in [2.05, 4.69) is 0 Å². The van der Waals surface area contributed by atoms with Gasteiger partial charge in [0.2, 0.25) is 0 Å². The topological polar surface area (TPSA) is 90.0 Å². The van der Waals surface area contributed by atoms with Crippen LogP contribution in [0.25, 0.3) is 0 Å². The Labute approximate surface area is 227 Å². The first-order chi connectivity index (χ1) is 18.2. The molecule has 1 saturated carbocycles. The lowest BCUT2D eigenvalue weighted by molar-refractivity contribution is -0.164. The van der Waals surface area contributed by atoms with Gasteiger partial charge in [0, 0.05) is 29.8 Å².